The molecule has 0 fully saturated rings. The molecule has 2 rings (SSSR count). The lowest BCUT2D eigenvalue weighted by atomic mass is 10.1. The molecule has 0 atom stereocenters. The van der Waals surface area contributed by atoms with Gasteiger partial charge in [-0.2, -0.15) is 0 Å². The highest BCUT2D eigenvalue weighted by atomic mass is 35.5. The van der Waals surface area contributed by atoms with Crippen LogP contribution in [0.1, 0.15) is 25.1 Å². The second kappa shape index (κ2) is 7.43. The predicted molar refractivity (Wildman–Crippen MR) is 83.3 cm³/mol. The van der Waals surface area contributed by atoms with Gasteiger partial charge in [0.2, 0.25) is 0 Å². The van der Waals surface area contributed by atoms with E-state index in [9.17, 15) is 0 Å². The summed E-state index contributed by atoms with van der Waals surface area (Å²) in [6.45, 7) is 6.35. The highest BCUT2D eigenvalue weighted by molar-refractivity contribution is 6.31. The number of hydrogen-bond donors (Lipinski definition) is 1. The summed E-state index contributed by atoms with van der Waals surface area (Å²) >= 11 is 6.28. The van der Waals surface area contributed by atoms with E-state index in [0.29, 0.717) is 24.1 Å². The zero-order valence-corrected chi connectivity index (χ0v) is 13.4. The van der Waals surface area contributed by atoms with Crippen LogP contribution in [0.5, 0.6) is 5.75 Å². The fourth-order valence-corrected chi connectivity index (χ4v) is 2.18. The van der Waals surface area contributed by atoms with Crippen LogP contribution in [0.2, 0.25) is 5.02 Å². The Balaban J connectivity index is 2.02. The van der Waals surface area contributed by atoms with Gasteiger partial charge in [-0.3, -0.25) is 4.68 Å². The number of benzene rings is 1. The highest BCUT2D eigenvalue weighted by Gasteiger charge is 2.09. The maximum atomic E-state index is 6.28. The average Bonchev–Trinajstić information content (AvgIpc) is 2.84. The molecule has 1 aromatic carbocycles. The third-order valence-electron chi connectivity index (χ3n) is 2.96. The van der Waals surface area contributed by atoms with Crippen LogP contribution in [0.25, 0.3) is 0 Å². The number of ether oxygens (including phenoxy) is 1. The molecule has 0 aliphatic rings. The summed E-state index contributed by atoms with van der Waals surface area (Å²) in [5, 5.41) is 12.0. The number of aromatic nitrogens is 3. The first kappa shape index (κ1) is 15.8. The molecule has 0 spiro atoms. The summed E-state index contributed by atoms with van der Waals surface area (Å²) in [5.41, 5.74) is 1.77. The molecule has 0 amide bonds. The van der Waals surface area contributed by atoms with Gasteiger partial charge in [0.05, 0.1) is 6.20 Å². The van der Waals surface area contributed by atoms with Crippen molar-refractivity contribution in [3.8, 4) is 5.75 Å². The van der Waals surface area contributed by atoms with Gasteiger partial charge in [0.1, 0.15) is 18.1 Å². The summed E-state index contributed by atoms with van der Waals surface area (Å²) in [6, 6.07) is 5.69. The first-order valence-electron chi connectivity index (χ1n) is 7.02. The zero-order valence-electron chi connectivity index (χ0n) is 12.6. The molecule has 6 heteroatoms. The van der Waals surface area contributed by atoms with Crippen molar-refractivity contribution in [1.29, 1.82) is 0 Å². The summed E-state index contributed by atoms with van der Waals surface area (Å²) < 4.78 is 7.49. The smallest absolute Gasteiger partial charge is 0.134 e. The van der Waals surface area contributed by atoms with Gasteiger partial charge in [-0.1, -0.05) is 36.7 Å². The Kier molecular flexibility index (Phi) is 5.59. The lowest BCUT2D eigenvalue weighted by molar-refractivity contribution is 0.297. The van der Waals surface area contributed by atoms with Gasteiger partial charge in [-0.05, 0) is 24.6 Å². The molecule has 0 aliphatic heterocycles. The molecular weight excluding hydrogens is 288 g/mol. The van der Waals surface area contributed by atoms with Crippen LogP contribution in [0.4, 0.5) is 0 Å². The van der Waals surface area contributed by atoms with Crippen molar-refractivity contribution in [3.63, 3.8) is 0 Å². The summed E-state index contributed by atoms with van der Waals surface area (Å²) in [7, 11) is 1.83. The van der Waals surface area contributed by atoms with Crippen LogP contribution in [0.15, 0.2) is 24.4 Å². The molecule has 5 nitrogen and oxygen atoms in total. The largest absolute Gasteiger partial charge is 0.487 e. The van der Waals surface area contributed by atoms with E-state index in [0.717, 1.165) is 23.6 Å². The van der Waals surface area contributed by atoms with Crippen molar-refractivity contribution in [2.45, 2.75) is 27.0 Å². The summed E-state index contributed by atoms with van der Waals surface area (Å²) in [5.74, 6) is 1.38. The summed E-state index contributed by atoms with van der Waals surface area (Å²) in [4.78, 5) is 0. The average molecular weight is 309 g/mol. The van der Waals surface area contributed by atoms with Crippen molar-refractivity contribution in [2.24, 2.45) is 13.0 Å². The van der Waals surface area contributed by atoms with Crippen LogP contribution in [0, 0.1) is 5.92 Å². The van der Waals surface area contributed by atoms with E-state index in [1.165, 1.54) is 0 Å². The lowest BCUT2D eigenvalue weighted by Gasteiger charge is -2.14. The van der Waals surface area contributed by atoms with Crippen molar-refractivity contribution in [3.05, 3.63) is 40.7 Å². The molecule has 0 bridgehead atoms. The van der Waals surface area contributed by atoms with Crippen molar-refractivity contribution in [1.82, 2.24) is 20.3 Å². The van der Waals surface area contributed by atoms with Crippen LogP contribution < -0.4 is 10.1 Å². The predicted octanol–water partition coefficient (Wildman–Crippen LogP) is 2.79. The topological polar surface area (TPSA) is 52.0 Å². The molecule has 1 N–H and O–H groups in total. The SMILES string of the molecule is CC(C)CNCc1c(Cl)cccc1OCc1cn(C)nn1. The number of halogens is 1. The quantitative estimate of drug-likeness (QED) is 0.854. The Morgan fingerprint density at radius 3 is 2.86 bits per heavy atom. The molecule has 114 valence electrons. The number of hydrogen-bond acceptors (Lipinski definition) is 4. The molecule has 0 unspecified atom stereocenters. The van der Waals surface area contributed by atoms with Gasteiger partial charge in [-0.15, -0.1) is 5.10 Å². The fourth-order valence-electron chi connectivity index (χ4n) is 1.94. The minimum atomic E-state index is 0.380. The van der Waals surface area contributed by atoms with Gasteiger partial charge in [0.15, 0.2) is 0 Å². The molecule has 1 heterocycles. The Morgan fingerprint density at radius 2 is 2.19 bits per heavy atom. The maximum Gasteiger partial charge on any atom is 0.134 e. The van der Waals surface area contributed by atoms with Crippen LogP contribution in [-0.2, 0) is 20.2 Å². The highest BCUT2D eigenvalue weighted by Crippen LogP contribution is 2.27. The van der Waals surface area contributed by atoms with Gasteiger partial charge in [-0.25, -0.2) is 0 Å². The van der Waals surface area contributed by atoms with Crippen LogP contribution in [0.3, 0.4) is 0 Å². The Hall–Kier alpha value is -1.59. The van der Waals surface area contributed by atoms with Crippen molar-refractivity contribution >= 4 is 11.6 Å². The molecule has 1 aromatic heterocycles. The second-order valence-corrected chi connectivity index (χ2v) is 5.82. The van der Waals surface area contributed by atoms with E-state index in [4.69, 9.17) is 16.3 Å². The third kappa shape index (κ3) is 4.72. The van der Waals surface area contributed by atoms with Gasteiger partial charge in [0, 0.05) is 24.2 Å². The minimum absolute atomic E-state index is 0.380. The molecule has 0 saturated heterocycles. The Labute approximate surface area is 130 Å². The van der Waals surface area contributed by atoms with Gasteiger partial charge >= 0.3 is 0 Å². The molecular formula is C15H21ClN4O. The van der Waals surface area contributed by atoms with E-state index < -0.39 is 0 Å². The molecule has 0 radical (unpaired) electrons. The van der Waals surface area contributed by atoms with Crippen molar-refractivity contribution < 1.29 is 4.74 Å². The fraction of sp³-hybridized carbons (Fsp3) is 0.467. The van der Waals surface area contributed by atoms with E-state index in [2.05, 4.69) is 29.5 Å². The maximum absolute atomic E-state index is 6.28. The van der Waals surface area contributed by atoms with Gasteiger partial charge < -0.3 is 10.1 Å². The van der Waals surface area contributed by atoms with E-state index >= 15 is 0 Å². The normalized spacial score (nSPS) is 11.1. The van der Waals surface area contributed by atoms with Gasteiger partial charge in [0.25, 0.3) is 0 Å². The summed E-state index contributed by atoms with van der Waals surface area (Å²) in [6.07, 6.45) is 1.83. The monoisotopic (exact) mass is 308 g/mol. The standard InChI is InChI=1S/C15H21ClN4O/c1-11(2)7-17-8-13-14(16)5-4-6-15(13)21-10-12-9-20(3)19-18-12/h4-6,9,11,17H,7-8,10H2,1-3H3. The second-order valence-electron chi connectivity index (χ2n) is 5.41. The van der Waals surface area contributed by atoms with E-state index in [-0.39, 0.29) is 0 Å². The first-order valence-corrected chi connectivity index (χ1v) is 7.40. The Morgan fingerprint density at radius 1 is 1.38 bits per heavy atom. The van der Waals surface area contributed by atoms with E-state index in [1.54, 1.807) is 4.68 Å². The molecule has 0 saturated carbocycles. The van der Waals surface area contributed by atoms with Crippen LogP contribution >= 0.6 is 11.6 Å². The minimum Gasteiger partial charge on any atom is -0.487 e. The lowest BCUT2D eigenvalue weighted by Crippen LogP contribution is -2.19. The molecule has 2 aromatic rings. The number of rotatable bonds is 7. The number of aryl methyl sites for hydroxylation is 1. The molecule has 0 aliphatic carbocycles. The number of nitrogens with zero attached hydrogens (tertiary/aromatic N) is 3. The Bertz CT molecular complexity index is 583. The van der Waals surface area contributed by atoms with Crippen LogP contribution in [-0.4, -0.2) is 21.5 Å². The number of nitrogens with one attached hydrogen (secondary N) is 1. The third-order valence-corrected chi connectivity index (χ3v) is 3.31. The van der Waals surface area contributed by atoms with E-state index in [1.807, 2.05) is 31.4 Å². The van der Waals surface area contributed by atoms with Crippen molar-refractivity contribution in [2.75, 3.05) is 6.54 Å². The first-order chi connectivity index (χ1) is 10.1. The zero-order chi connectivity index (χ0) is 15.2. The molecule has 21 heavy (non-hydrogen) atoms.